The van der Waals surface area contributed by atoms with Crippen LogP contribution in [0.4, 0.5) is 34.1 Å². The van der Waals surface area contributed by atoms with E-state index in [2.05, 4.69) is 0 Å². The van der Waals surface area contributed by atoms with Gasteiger partial charge in [0.2, 0.25) is 0 Å². The molecule has 9 aromatic carbocycles. The van der Waals surface area contributed by atoms with Crippen LogP contribution >= 0.6 is 0 Å². The van der Waals surface area contributed by atoms with Gasteiger partial charge in [-0.1, -0.05) is 123 Å². The van der Waals surface area contributed by atoms with E-state index in [1.807, 2.05) is 0 Å². The maximum absolute atomic E-state index is 9.38. The standard InChI is InChI=1S/C59H43BN2O2/c1-37-46-31-42(61(38-17-8-4-9-18-38)39-19-10-5-11-20-39)27-29-44(46)48-34-56-52(33-47(37)48)60-53-36-51-49(35-57(53)64-55-26-16-25-54(63-56)58(55)60)45-30-28-43(32-50(45)59(51,2)3)62(40-21-12-6-13-22-40)41-23-14-7-15-24-41/h4-37H,1-3H3/i1D3,2D3,3D3,4D,5D,6D,7D,8D,9D,10D,11D,12D,13D,14D,15D,17D,18D,19D,20D,21D,22D,23D,24D. The molecule has 9 aromatic rings. The predicted octanol–water partition coefficient (Wildman–Crippen LogP) is 13.8. The Morgan fingerprint density at radius 3 is 1.50 bits per heavy atom. The molecule has 1 atom stereocenters. The van der Waals surface area contributed by atoms with Crippen LogP contribution in [0.25, 0.3) is 22.3 Å². The Balaban J connectivity index is 1.02. The molecule has 4 nitrogen and oxygen atoms in total. The van der Waals surface area contributed by atoms with Crippen LogP contribution in [0.3, 0.4) is 0 Å². The van der Waals surface area contributed by atoms with Gasteiger partial charge < -0.3 is 19.3 Å². The average Bonchev–Trinajstić information content (AvgIpc) is 1.55. The van der Waals surface area contributed by atoms with Crippen LogP contribution in [-0.4, -0.2) is 6.71 Å². The van der Waals surface area contributed by atoms with Crippen LogP contribution in [0.5, 0.6) is 23.0 Å². The predicted molar refractivity (Wildman–Crippen MR) is 264 cm³/mol. The molecular formula is C59H43BN2O2. The second-order valence-electron chi connectivity index (χ2n) is 15.5. The van der Waals surface area contributed by atoms with E-state index < -0.39 is 188 Å². The van der Waals surface area contributed by atoms with Gasteiger partial charge in [-0.2, -0.15) is 0 Å². The first kappa shape index (κ1) is 18.2. The first-order valence-electron chi connectivity index (χ1n) is 34.4. The number of benzene rings is 9. The van der Waals surface area contributed by atoms with E-state index >= 15 is 0 Å². The molecule has 2 heterocycles. The van der Waals surface area contributed by atoms with Gasteiger partial charge in [0.25, 0.3) is 6.71 Å². The maximum Gasteiger partial charge on any atom is 0.260 e. The molecule has 2 aliphatic carbocycles. The molecule has 0 fully saturated rings. The fourth-order valence-electron chi connectivity index (χ4n) is 9.41. The Hall–Kier alpha value is -7.76. The van der Waals surface area contributed by atoms with Crippen molar-refractivity contribution in [3.63, 3.8) is 0 Å². The summed E-state index contributed by atoms with van der Waals surface area (Å²) in [6.07, 6.45) is 0. The second kappa shape index (κ2) is 13.9. The summed E-state index contributed by atoms with van der Waals surface area (Å²) in [6.45, 7) is -11.1. The van der Waals surface area contributed by atoms with Crippen molar-refractivity contribution >= 4 is 57.2 Å². The lowest BCUT2D eigenvalue weighted by Crippen LogP contribution is -2.57. The smallest absolute Gasteiger partial charge is 0.260 e. The van der Waals surface area contributed by atoms with Crippen molar-refractivity contribution < 1.29 is 49.2 Å². The maximum atomic E-state index is 9.38. The summed E-state index contributed by atoms with van der Waals surface area (Å²) < 4.78 is 271. The lowest BCUT2D eigenvalue weighted by atomic mass is 9.34. The number of nitrogens with zero attached hydrogens (tertiary/aromatic N) is 2. The van der Waals surface area contributed by atoms with E-state index in [0.29, 0.717) is 22.1 Å². The van der Waals surface area contributed by atoms with Gasteiger partial charge in [0, 0.05) is 63.3 Å². The van der Waals surface area contributed by atoms with E-state index in [1.165, 1.54) is 42.5 Å². The topological polar surface area (TPSA) is 24.9 Å². The summed E-state index contributed by atoms with van der Waals surface area (Å²) in [5, 5.41) is 0. The molecular weight excluding hydrogens is 779 g/mol. The quantitative estimate of drug-likeness (QED) is 0.156. The average molecular weight is 852 g/mol. The fraction of sp³-hybridized carbons (Fsp3) is 0.0847. The van der Waals surface area contributed by atoms with Crippen LogP contribution in [0.15, 0.2) is 200 Å². The third kappa shape index (κ3) is 5.43. The summed E-state index contributed by atoms with van der Waals surface area (Å²) in [4.78, 5) is 1.71. The number of hydrogen-bond donors (Lipinski definition) is 0. The van der Waals surface area contributed by atoms with Crippen molar-refractivity contribution in [3.05, 3.63) is 222 Å². The summed E-state index contributed by atoms with van der Waals surface area (Å²) >= 11 is 0. The van der Waals surface area contributed by atoms with Gasteiger partial charge in [0.05, 0.1) is 27.4 Å². The zero-order valence-electron chi connectivity index (χ0n) is 61.9. The van der Waals surface area contributed by atoms with Crippen LogP contribution in [0.2, 0.25) is 0 Å². The molecule has 0 spiro atoms. The van der Waals surface area contributed by atoms with Crippen molar-refractivity contribution in [2.45, 2.75) is 31.9 Å². The molecule has 5 heteroatoms. The minimum absolute atomic E-state index is 0.00794. The first-order valence-corrected chi connectivity index (χ1v) is 19.9. The zero-order valence-corrected chi connectivity index (χ0v) is 32.9. The van der Waals surface area contributed by atoms with E-state index in [-0.39, 0.29) is 67.7 Å². The van der Waals surface area contributed by atoms with Gasteiger partial charge in [-0.05, 0) is 152 Å². The Kier molecular flexibility index (Phi) is 3.94. The third-order valence-electron chi connectivity index (χ3n) is 12.1. The van der Waals surface area contributed by atoms with E-state index in [1.54, 1.807) is 30.3 Å². The van der Waals surface area contributed by atoms with Crippen LogP contribution in [0, 0.1) is 0 Å². The van der Waals surface area contributed by atoms with Gasteiger partial charge in [0.1, 0.15) is 23.0 Å². The van der Waals surface area contributed by atoms with Crippen LogP contribution in [0.1, 0.15) is 88.5 Å². The van der Waals surface area contributed by atoms with Crippen LogP contribution < -0.4 is 35.7 Å². The van der Waals surface area contributed by atoms with Crippen molar-refractivity contribution in [1.29, 1.82) is 0 Å². The van der Waals surface area contributed by atoms with Crippen molar-refractivity contribution in [2.24, 2.45) is 0 Å². The molecule has 2 aliphatic heterocycles. The normalized spacial score (nSPS) is 22.0. The molecule has 4 aliphatic rings. The number of fused-ring (bicyclic) bond motifs is 10. The first-order chi connectivity index (χ1) is 43.4. The fourth-order valence-corrected chi connectivity index (χ4v) is 9.41. The molecule has 64 heavy (non-hydrogen) atoms. The highest BCUT2D eigenvalue weighted by Crippen LogP contribution is 2.53. The number of para-hydroxylation sites is 4. The lowest BCUT2D eigenvalue weighted by Gasteiger charge is -2.34. The van der Waals surface area contributed by atoms with Gasteiger partial charge in [-0.15, -0.1) is 0 Å². The number of anilines is 6. The Morgan fingerprint density at radius 2 is 0.953 bits per heavy atom. The number of hydrogen-bond acceptors (Lipinski definition) is 4. The molecule has 0 aromatic heterocycles. The lowest BCUT2D eigenvalue weighted by molar-refractivity contribution is 0.464. The molecule has 0 saturated heterocycles. The monoisotopic (exact) mass is 852 g/mol. The summed E-state index contributed by atoms with van der Waals surface area (Å²) in [7, 11) is 0. The van der Waals surface area contributed by atoms with Crippen molar-refractivity contribution in [2.75, 3.05) is 9.80 Å². The molecule has 1 unspecified atom stereocenters. The minimum atomic E-state index is -3.53. The summed E-state index contributed by atoms with van der Waals surface area (Å²) in [5.74, 6) is -0.853. The van der Waals surface area contributed by atoms with E-state index in [4.69, 9.17) is 41.0 Å². The second-order valence-corrected chi connectivity index (χ2v) is 15.5. The van der Waals surface area contributed by atoms with Gasteiger partial charge in [-0.25, -0.2) is 0 Å². The van der Waals surface area contributed by atoms with Gasteiger partial charge in [0.15, 0.2) is 0 Å². The molecule has 0 bridgehead atoms. The summed E-state index contributed by atoms with van der Waals surface area (Å²) in [5.41, 5.74) is -5.16. The Bertz CT molecular complexity index is 4610. The zero-order chi connectivity index (χ0) is 67.6. The largest absolute Gasteiger partial charge is 0.458 e. The molecule has 0 radical (unpaired) electrons. The van der Waals surface area contributed by atoms with Gasteiger partial charge >= 0.3 is 0 Å². The van der Waals surface area contributed by atoms with Gasteiger partial charge in [-0.3, -0.25) is 0 Å². The molecule has 0 saturated carbocycles. The highest BCUT2D eigenvalue weighted by Gasteiger charge is 2.45. The molecule has 304 valence electrons. The summed E-state index contributed by atoms with van der Waals surface area (Å²) in [6, 6.07) is 1.89. The minimum Gasteiger partial charge on any atom is -0.458 e. The van der Waals surface area contributed by atoms with E-state index in [0.717, 1.165) is 15.9 Å². The van der Waals surface area contributed by atoms with E-state index in [9.17, 15) is 8.22 Å². The Morgan fingerprint density at radius 1 is 0.469 bits per heavy atom. The third-order valence-corrected chi connectivity index (χ3v) is 12.1. The highest BCUT2D eigenvalue weighted by atomic mass is 16.5. The molecule has 0 amide bonds. The Labute approximate surface area is 415 Å². The van der Waals surface area contributed by atoms with Crippen LogP contribution in [-0.2, 0) is 5.41 Å². The van der Waals surface area contributed by atoms with Crippen molar-refractivity contribution in [3.8, 4) is 45.3 Å². The highest BCUT2D eigenvalue weighted by molar-refractivity contribution is 6.98. The van der Waals surface area contributed by atoms with Crippen molar-refractivity contribution in [1.82, 2.24) is 0 Å². The molecule has 13 rings (SSSR count). The molecule has 0 N–H and O–H groups in total. The SMILES string of the molecule is [2H]c1c([2H])c([2H])c(N(c2ccc3c(c2)C(C([2H])([2H])[2H])c2cc4c(cc2-3)Oc2cccc3c2B4c2cc4c(cc2O3)-c2ccc(N(c3c([2H])c([2H])c([2H])c([2H])c3[2H])c3c([2H])c([2H])c([2H])c([2H])c3[2H])cc2C4(C([2H])([2H])[2H])C([2H])([2H])[2H])c2c([2H])c([2H])c([2H])c([2H])c2[2H])c([2H])c1[2H]. The number of ether oxygens (including phenoxy) is 2. The number of rotatable bonds is 6.